The molecule has 0 spiro atoms. The molecular formula is C22H34N6O6. The van der Waals surface area contributed by atoms with Gasteiger partial charge in [0.05, 0.1) is 0 Å². The molecule has 3 rings (SSSR count). The first-order chi connectivity index (χ1) is 16.5. The number of hydrogen-bond acceptors (Lipinski definition) is 9. The minimum atomic E-state index is -1.33. The fourth-order valence-corrected chi connectivity index (χ4v) is 3.71. The van der Waals surface area contributed by atoms with Crippen LogP contribution in [0.1, 0.15) is 31.2 Å². The number of aliphatic carboxylic acids is 1. The van der Waals surface area contributed by atoms with Crippen molar-refractivity contribution in [3.8, 4) is 0 Å². The highest BCUT2D eigenvalue weighted by Crippen LogP contribution is 2.16. The summed E-state index contributed by atoms with van der Waals surface area (Å²) in [5.74, 6) is -1.71. The minimum absolute atomic E-state index is 0.0127. The van der Waals surface area contributed by atoms with Crippen LogP contribution in [0.4, 0.5) is 4.79 Å². The zero-order chi connectivity index (χ0) is 24.2. The summed E-state index contributed by atoms with van der Waals surface area (Å²) in [5, 5.41) is 24.1. The lowest BCUT2D eigenvalue weighted by Crippen LogP contribution is -2.50. The number of nitrogens with one attached hydrogen (secondary N) is 6. The van der Waals surface area contributed by atoms with Gasteiger partial charge in [0.2, 0.25) is 0 Å². The van der Waals surface area contributed by atoms with Gasteiger partial charge in [0.1, 0.15) is 18.9 Å². The van der Waals surface area contributed by atoms with Crippen LogP contribution < -0.4 is 32.1 Å². The highest BCUT2D eigenvalue weighted by atomic mass is 16.7. The lowest BCUT2D eigenvalue weighted by molar-refractivity contribution is -0.139. The first-order valence-electron chi connectivity index (χ1n) is 11.6. The van der Waals surface area contributed by atoms with Crippen LogP contribution in [-0.2, 0) is 25.8 Å². The van der Waals surface area contributed by atoms with Crippen molar-refractivity contribution >= 4 is 18.0 Å². The van der Waals surface area contributed by atoms with Gasteiger partial charge in [0.15, 0.2) is 6.10 Å². The van der Waals surface area contributed by atoms with E-state index in [2.05, 4.69) is 32.1 Å². The van der Waals surface area contributed by atoms with Crippen LogP contribution in [0.2, 0.25) is 0 Å². The van der Waals surface area contributed by atoms with Gasteiger partial charge in [-0.05, 0) is 24.9 Å². The van der Waals surface area contributed by atoms with E-state index < -0.39 is 30.1 Å². The fraction of sp³-hybridized carbons (Fsp3) is 0.591. The maximum Gasteiger partial charge on any atom is 0.408 e. The Hall–Kier alpha value is -2.77. The molecule has 2 aliphatic rings. The number of alkyl carbamates (subject to hydrolysis) is 1. The van der Waals surface area contributed by atoms with Crippen molar-refractivity contribution in [3.63, 3.8) is 0 Å². The molecule has 7 N–H and O–H groups in total. The van der Waals surface area contributed by atoms with Crippen molar-refractivity contribution in [2.45, 2.75) is 56.8 Å². The van der Waals surface area contributed by atoms with Crippen molar-refractivity contribution in [2.24, 2.45) is 0 Å². The van der Waals surface area contributed by atoms with Gasteiger partial charge in [-0.15, -0.1) is 0 Å². The SMILES string of the molecule is O=C(NC(CNC(=O)C1CC(CCCCNC2NCCN2)NO1)C(=O)O)OCc1ccccc1. The van der Waals surface area contributed by atoms with Crippen LogP contribution in [0.5, 0.6) is 0 Å². The van der Waals surface area contributed by atoms with Crippen LogP contribution >= 0.6 is 0 Å². The molecule has 34 heavy (non-hydrogen) atoms. The lowest BCUT2D eigenvalue weighted by Gasteiger charge is -2.16. The number of rotatable bonds is 13. The first-order valence-corrected chi connectivity index (χ1v) is 11.6. The van der Waals surface area contributed by atoms with Gasteiger partial charge < -0.3 is 20.5 Å². The second-order valence-corrected chi connectivity index (χ2v) is 8.29. The number of carbonyl (C=O) groups excluding carboxylic acids is 2. The minimum Gasteiger partial charge on any atom is -0.480 e. The number of carboxylic acids is 1. The van der Waals surface area contributed by atoms with E-state index in [1.54, 1.807) is 24.3 Å². The van der Waals surface area contributed by atoms with Gasteiger partial charge in [-0.3, -0.25) is 25.6 Å². The number of carboxylic acid groups (broad SMARTS) is 1. The Kier molecular flexibility index (Phi) is 10.5. The molecule has 0 aromatic heterocycles. The summed E-state index contributed by atoms with van der Waals surface area (Å²) in [6.07, 6.45) is 1.93. The van der Waals surface area contributed by atoms with E-state index in [0.29, 0.717) is 6.42 Å². The van der Waals surface area contributed by atoms with Crippen LogP contribution in [0, 0.1) is 0 Å². The van der Waals surface area contributed by atoms with E-state index in [0.717, 1.165) is 44.5 Å². The van der Waals surface area contributed by atoms with Gasteiger partial charge >= 0.3 is 12.1 Å². The molecule has 2 heterocycles. The molecule has 1 aromatic rings. The fourth-order valence-electron chi connectivity index (χ4n) is 3.71. The summed E-state index contributed by atoms with van der Waals surface area (Å²) < 4.78 is 5.04. The van der Waals surface area contributed by atoms with Crippen molar-refractivity contribution in [2.75, 3.05) is 26.2 Å². The van der Waals surface area contributed by atoms with E-state index in [4.69, 9.17) is 9.57 Å². The monoisotopic (exact) mass is 478 g/mol. The summed E-state index contributed by atoms with van der Waals surface area (Å²) in [5.41, 5.74) is 3.66. The topological polar surface area (TPSA) is 162 Å². The Morgan fingerprint density at radius 3 is 2.65 bits per heavy atom. The Morgan fingerprint density at radius 2 is 1.91 bits per heavy atom. The first kappa shape index (κ1) is 25.8. The molecule has 3 atom stereocenters. The largest absolute Gasteiger partial charge is 0.480 e. The summed E-state index contributed by atoms with van der Waals surface area (Å²) in [6.45, 7) is 2.55. The Morgan fingerprint density at radius 1 is 1.15 bits per heavy atom. The van der Waals surface area contributed by atoms with Crippen LogP contribution in [-0.4, -0.2) is 73.7 Å². The van der Waals surface area contributed by atoms with Gasteiger partial charge in [-0.25, -0.2) is 9.59 Å². The zero-order valence-electron chi connectivity index (χ0n) is 19.0. The van der Waals surface area contributed by atoms with Crippen LogP contribution in [0.25, 0.3) is 0 Å². The maximum atomic E-state index is 12.4. The van der Waals surface area contributed by atoms with Crippen molar-refractivity contribution < 1.29 is 29.1 Å². The van der Waals surface area contributed by atoms with E-state index in [1.165, 1.54) is 0 Å². The van der Waals surface area contributed by atoms with Gasteiger partial charge in [-0.1, -0.05) is 36.8 Å². The highest BCUT2D eigenvalue weighted by molar-refractivity contribution is 5.83. The average molecular weight is 479 g/mol. The molecule has 0 bridgehead atoms. The molecule has 0 saturated carbocycles. The van der Waals surface area contributed by atoms with Crippen molar-refractivity contribution in [1.82, 2.24) is 32.1 Å². The number of hydrogen-bond donors (Lipinski definition) is 7. The molecule has 2 amide bonds. The van der Waals surface area contributed by atoms with E-state index in [1.807, 2.05) is 6.07 Å². The summed E-state index contributed by atoms with van der Waals surface area (Å²) in [7, 11) is 0. The second kappa shape index (κ2) is 13.8. The smallest absolute Gasteiger partial charge is 0.408 e. The molecule has 188 valence electrons. The Bertz CT molecular complexity index is 791. The molecule has 2 fully saturated rings. The molecule has 0 radical (unpaired) electrons. The predicted molar refractivity (Wildman–Crippen MR) is 122 cm³/mol. The van der Waals surface area contributed by atoms with Crippen LogP contribution in [0.3, 0.4) is 0 Å². The Labute approximate surface area is 198 Å². The highest BCUT2D eigenvalue weighted by Gasteiger charge is 2.31. The maximum absolute atomic E-state index is 12.4. The average Bonchev–Trinajstić information content (AvgIpc) is 3.53. The molecule has 3 unspecified atom stereocenters. The predicted octanol–water partition coefficient (Wildman–Crippen LogP) is -0.619. The normalized spacial score (nSPS) is 21.2. The number of amides is 2. The molecule has 2 aliphatic heterocycles. The quantitative estimate of drug-likeness (QED) is 0.182. The molecule has 12 heteroatoms. The number of carbonyl (C=O) groups is 3. The van der Waals surface area contributed by atoms with E-state index >= 15 is 0 Å². The summed E-state index contributed by atoms with van der Waals surface area (Å²) >= 11 is 0. The lowest BCUT2D eigenvalue weighted by atomic mass is 10.0. The van der Waals surface area contributed by atoms with E-state index in [9.17, 15) is 19.5 Å². The molecular weight excluding hydrogens is 444 g/mol. The number of unbranched alkanes of at least 4 members (excludes halogenated alkanes) is 1. The third kappa shape index (κ3) is 8.88. The zero-order valence-corrected chi connectivity index (χ0v) is 19.0. The van der Waals surface area contributed by atoms with E-state index in [-0.39, 0.29) is 25.5 Å². The third-order valence-electron chi connectivity index (χ3n) is 5.60. The van der Waals surface area contributed by atoms with Crippen molar-refractivity contribution in [3.05, 3.63) is 35.9 Å². The standard InChI is InChI=1S/C22H34N6O6/c29-19(18-12-16(28-34-18)8-4-5-9-23-21-24-10-11-25-21)26-13-17(20(30)31)27-22(32)33-14-15-6-2-1-3-7-15/h1-3,6-7,16-18,21,23-25,28H,4-5,8-14H2,(H,26,29)(H,27,32)(H,30,31). The summed E-state index contributed by atoms with van der Waals surface area (Å²) in [6, 6.07) is 7.75. The molecule has 1 aromatic carbocycles. The molecule has 2 saturated heterocycles. The summed E-state index contributed by atoms with van der Waals surface area (Å²) in [4.78, 5) is 41.2. The van der Waals surface area contributed by atoms with Crippen molar-refractivity contribution in [1.29, 1.82) is 0 Å². The number of hydroxylamine groups is 1. The van der Waals surface area contributed by atoms with Crippen LogP contribution in [0.15, 0.2) is 30.3 Å². The molecule has 12 nitrogen and oxygen atoms in total. The second-order valence-electron chi connectivity index (χ2n) is 8.29. The molecule has 0 aliphatic carbocycles. The Balaban J connectivity index is 1.29. The number of benzene rings is 1. The van der Waals surface area contributed by atoms with Gasteiger partial charge in [0.25, 0.3) is 5.91 Å². The van der Waals surface area contributed by atoms with Gasteiger partial charge in [0, 0.05) is 32.1 Å². The van der Waals surface area contributed by atoms with Gasteiger partial charge in [-0.2, -0.15) is 5.48 Å². The number of ether oxygens (including phenoxy) is 1. The third-order valence-corrected chi connectivity index (χ3v) is 5.60.